The second-order valence-electron chi connectivity index (χ2n) is 9.11. The van der Waals surface area contributed by atoms with Gasteiger partial charge in [-0.3, -0.25) is 4.90 Å². The lowest BCUT2D eigenvalue weighted by Gasteiger charge is -2.56. The van der Waals surface area contributed by atoms with Gasteiger partial charge in [-0.2, -0.15) is 0 Å². The van der Waals surface area contributed by atoms with E-state index < -0.39 is 5.60 Å². The van der Waals surface area contributed by atoms with Gasteiger partial charge in [0.2, 0.25) is 0 Å². The Kier molecular flexibility index (Phi) is 3.85. The van der Waals surface area contributed by atoms with E-state index in [1.807, 2.05) is 43.9 Å². The van der Waals surface area contributed by atoms with Crippen molar-refractivity contribution < 1.29 is 9.53 Å². The monoisotopic (exact) mass is 327 g/mol. The Morgan fingerprint density at radius 1 is 0.958 bits per heavy atom. The molecule has 4 bridgehead atoms. The van der Waals surface area contributed by atoms with Crippen molar-refractivity contribution in [2.75, 3.05) is 4.90 Å². The largest absolute Gasteiger partial charge is 0.443 e. The molecule has 0 spiro atoms. The van der Waals surface area contributed by atoms with Crippen molar-refractivity contribution in [2.24, 2.45) is 23.7 Å². The van der Waals surface area contributed by atoms with Crippen molar-refractivity contribution in [1.82, 2.24) is 0 Å². The normalized spacial score (nSPS) is 34.2. The van der Waals surface area contributed by atoms with Crippen LogP contribution in [0.5, 0.6) is 0 Å². The average Bonchev–Trinajstić information content (AvgIpc) is 2.49. The zero-order chi connectivity index (χ0) is 16.9. The minimum absolute atomic E-state index is 0.175. The maximum absolute atomic E-state index is 13.1. The van der Waals surface area contributed by atoms with Gasteiger partial charge in [-0.15, -0.1) is 0 Å². The van der Waals surface area contributed by atoms with Crippen LogP contribution in [0.15, 0.2) is 30.3 Å². The Labute approximate surface area is 145 Å². The van der Waals surface area contributed by atoms with Crippen LogP contribution in [0, 0.1) is 23.7 Å². The molecule has 0 atom stereocenters. The van der Waals surface area contributed by atoms with Crippen LogP contribution in [0.3, 0.4) is 0 Å². The molecule has 0 unspecified atom stereocenters. The number of rotatable bonds is 2. The lowest BCUT2D eigenvalue weighted by Crippen LogP contribution is -2.58. The molecule has 5 rings (SSSR count). The van der Waals surface area contributed by atoms with Gasteiger partial charge in [-0.1, -0.05) is 18.2 Å². The second-order valence-corrected chi connectivity index (χ2v) is 9.11. The summed E-state index contributed by atoms with van der Waals surface area (Å²) >= 11 is 0. The molecular formula is C21H29NO2. The van der Waals surface area contributed by atoms with Gasteiger partial charge in [-0.05, 0) is 88.7 Å². The highest BCUT2D eigenvalue weighted by Gasteiger charge is 2.51. The molecule has 4 aliphatic rings. The third-order valence-electron chi connectivity index (χ3n) is 6.10. The number of hydrogen-bond acceptors (Lipinski definition) is 2. The van der Waals surface area contributed by atoms with Gasteiger partial charge in [0, 0.05) is 11.7 Å². The van der Waals surface area contributed by atoms with E-state index in [9.17, 15) is 4.79 Å². The SMILES string of the molecule is CC(C)(C)OC(=O)N(c1ccccc1)C1C2CC3CC(C2)CC1C3. The van der Waals surface area contributed by atoms with Crippen LogP contribution in [-0.4, -0.2) is 17.7 Å². The van der Waals surface area contributed by atoms with E-state index in [1.54, 1.807) is 0 Å². The van der Waals surface area contributed by atoms with Crippen LogP contribution in [-0.2, 0) is 4.74 Å². The molecule has 4 aliphatic carbocycles. The summed E-state index contributed by atoms with van der Waals surface area (Å²) in [5, 5.41) is 0. The first-order valence-corrected chi connectivity index (χ1v) is 9.48. The van der Waals surface area contributed by atoms with Crippen LogP contribution < -0.4 is 4.90 Å². The Bertz CT molecular complexity index is 576. The molecule has 24 heavy (non-hydrogen) atoms. The van der Waals surface area contributed by atoms with Gasteiger partial charge in [0.1, 0.15) is 5.60 Å². The Balaban J connectivity index is 1.67. The lowest BCUT2D eigenvalue weighted by atomic mass is 9.54. The minimum atomic E-state index is -0.462. The predicted molar refractivity (Wildman–Crippen MR) is 96.0 cm³/mol. The van der Waals surface area contributed by atoms with Crippen LogP contribution in [0.4, 0.5) is 10.5 Å². The molecule has 0 heterocycles. The topological polar surface area (TPSA) is 29.5 Å². The Hall–Kier alpha value is -1.51. The summed E-state index contributed by atoms with van der Waals surface area (Å²) in [5.74, 6) is 3.10. The first-order valence-electron chi connectivity index (χ1n) is 9.48. The van der Waals surface area contributed by atoms with Crippen molar-refractivity contribution in [1.29, 1.82) is 0 Å². The highest BCUT2D eigenvalue weighted by molar-refractivity contribution is 5.88. The highest BCUT2D eigenvalue weighted by atomic mass is 16.6. The number of para-hydroxylation sites is 1. The van der Waals surface area contributed by atoms with Gasteiger partial charge in [0.25, 0.3) is 0 Å². The summed E-state index contributed by atoms with van der Waals surface area (Å²) in [7, 11) is 0. The molecule has 0 saturated heterocycles. The molecule has 4 saturated carbocycles. The molecule has 3 nitrogen and oxygen atoms in total. The van der Waals surface area contributed by atoms with Gasteiger partial charge in [0.15, 0.2) is 0 Å². The number of hydrogen-bond donors (Lipinski definition) is 0. The third kappa shape index (κ3) is 2.94. The maximum Gasteiger partial charge on any atom is 0.415 e. The van der Waals surface area contributed by atoms with Crippen LogP contribution in [0.25, 0.3) is 0 Å². The second kappa shape index (κ2) is 5.79. The molecule has 1 aromatic rings. The van der Waals surface area contributed by atoms with E-state index in [2.05, 4.69) is 12.1 Å². The molecule has 3 heteroatoms. The zero-order valence-electron chi connectivity index (χ0n) is 15.1. The summed E-state index contributed by atoms with van der Waals surface area (Å²) < 4.78 is 5.80. The summed E-state index contributed by atoms with van der Waals surface area (Å²) in [6, 6.07) is 10.5. The number of carbonyl (C=O) groups is 1. The van der Waals surface area contributed by atoms with Crippen molar-refractivity contribution >= 4 is 11.8 Å². The molecular weight excluding hydrogens is 298 g/mol. The summed E-state index contributed by atoms with van der Waals surface area (Å²) in [6.45, 7) is 5.85. The molecule has 1 aromatic carbocycles. The summed E-state index contributed by atoms with van der Waals surface area (Å²) in [4.78, 5) is 15.1. The van der Waals surface area contributed by atoms with Gasteiger partial charge in [0.05, 0.1) is 0 Å². The van der Waals surface area contributed by atoms with E-state index in [1.165, 1.54) is 32.1 Å². The Morgan fingerprint density at radius 2 is 1.50 bits per heavy atom. The quantitative estimate of drug-likeness (QED) is 0.742. The fourth-order valence-corrected chi connectivity index (χ4v) is 5.62. The molecule has 1 amide bonds. The first kappa shape index (κ1) is 16.0. The zero-order valence-corrected chi connectivity index (χ0v) is 15.1. The van der Waals surface area contributed by atoms with E-state index >= 15 is 0 Å². The standard InChI is InChI=1S/C21H29NO2/c1-21(2,3)24-20(23)22(18-7-5-4-6-8-18)19-16-10-14-9-15(12-16)13-17(19)11-14/h4-8,14-17,19H,9-13H2,1-3H3. The number of carbonyl (C=O) groups excluding carboxylic acids is 1. The Morgan fingerprint density at radius 3 is 2.00 bits per heavy atom. The first-order chi connectivity index (χ1) is 11.4. The average molecular weight is 327 g/mol. The van der Waals surface area contributed by atoms with Crippen LogP contribution in [0.2, 0.25) is 0 Å². The fourth-order valence-electron chi connectivity index (χ4n) is 5.62. The van der Waals surface area contributed by atoms with Gasteiger partial charge >= 0.3 is 6.09 Å². The number of amides is 1. The van der Waals surface area contributed by atoms with E-state index in [0.717, 1.165) is 17.5 Å². The van der Waals surface area contributed by atoms with Crippen LogP contribution in [0.1, 0.15) is 52.9 Å². The van der Waals surface area contributed by atoms with Gasteiger partial charge < -0.3 is 4.74 Å². The van der Waals surface area contributed by atoms with Crippen molar-refractivity contribution in [3.05, 3.63) is 30.3 Å². The van der Waals surface area contributed by atoms with E-state index in [4.69, 9.17) is 4.74 Å². The molecule has 4 fully saturated rings. The maximum atomic E-state index is 13.1. The summed E-state index contributed by atoms with van der Waals surface area (Å²) in [6.07, 6.45) is 6.43. The van der Waals surface area contributed by atoms with Crippen molar-refractivity contribution in [2.45, 2.75) is 64.5 Å². The molecule has 130 valence electrons. The number of benzene rings is 1. The highest BCUT2D eigenvalue weighted by Crippen LogP contribution is 2.55. The molecule has 0 aliphatic heterocycles. The lowest BCUT2D eigenvalue weighted by molar-refractivity contribution is -0.00845. The van der Waals surface area contributed by atoms with Crippen LogP contribution >= 0.6 is 0 Å². The van der Waals surface area contributed by atoms with Gasteiger partial charge in [-0.25, -0.2) is 4.79 Å². The number of nitrogens with zero attached hydrogens (tertiary/aromatic N) is 1. The van der Waals surface area contributed by atoms with E-state index in [-0.39, 0.29) is 6.09 Å². The molecule has 0 N–H and O–H groups in total. The molecule has 0 radical (unpaired) electrons. The van der Waals surface area contributed by atoms with Crippen molar-refractivity contribution in [3.63, 3.8) is 0 Å². The third-order valence-corrected chi connectivity index (χ3v) is 6.10. The smallest absolute Gasteiger partial charge is 0.415 e. The minimum Gasteiger partial charge on any atom is -0.443 e. The predicted octanol–water partition coefficient (Wildman–Crippen LogP) is 5.25. The van der Waals surface area contributed by atoms with Crippen molar-refractivity contribution in [3.8, 4) is 0 Å². The fraction of sp³-hybridized carbons (Fsp3) is 0.667. The summed E-state index contributed by atoms with van der Waals surface area (Å²) in [5.41, 5.74) is 0.528. The number of anilines is 1. The van der Waals surface area contributed by atoms with E-state index in [0.29, 0.717) is 17.9 Å². The molecule has 0 aromatic heterocycles. The number of ether oxygens (including phenoxy) is 1.